The molecule has 0 bridgehead atoms. The Morgan fingerprint density at radius 1 is 0.919 bits per heavy atom. The molecule has 2 aromatic carbocycles. The van der Waals surface area contributed by atoms with E-state index in [-0.39, 0.29) is 33.7 Å². The summed E-state index contributed by atoms with van der Waals surface area (Å²) in [4.78, 5) is 50.1. The van der Waals surface area contributed by atoms with E-state index in [0.29, 0.717) is 23.5 Å². The number of carbonyl (C=O) groups excluding carboxylic acids is 2. The Kier molecular flexibility index (Phi) is 6.80. The third-order valence-corrected chi connectivity index (χ3v) is 5.69. The first kappa shape index (κ1) is 25.6. The predicted molar refractivity (Wildman–Crippen MR) is 142 cm³/mol. The normalized spacial score (nSPS) is 11.4. The van der Waals surface area contributed by atoms with E-state index < -0.39 is 11.9 Å². The van der Waals surface area contributed by atoms with Gasteiger partial charge in [-0.1, -0.05) is 32.9 Å². The predicted octanol–water partition coefficient (Wildman–Crippen LogP) is 4.97. The molecule has 0 saturated carbocycles. The molecule has 2 aromatic heterocycles. The van der Waals surface area contributed by atoms with Gasteiger partial charge >= 0.3 is 5.97 Å². The van der Waals surface area contributed by atoms with Crippen molar-refractivity contribution in [1.29, 1.82) is 0 Å². The van der Waals surface area contributed by atoms with Crippen molar-refractivity contribution in [1.82, 2.24) is 20.3 Å². The summed E-state index contributed by atoms with van der Waals surface area (Å²) in [6.07, 6.45) is 0. The van der Waals surface area contributed by atoms with Gasteiger partial charge in [0, 0.05) is 29.1 Å². The summed E-state index contributed by atoms with van der Waals surface area (Å²) in [7, 11) is 0. The first-order valence-corrected chi connectivity index (χ1v) is 11.8. The van der Waals surface area contributed by atoms with Gasteiger partial charge in [-0.3, -0.25) is 9.59 Å². The molecule has 0 unspecified atom stereocenters. The molecule has 37 heavy (non-hydrogen) atoms. The Labute approximate surface area is 214 Å². The first-order valence-electron chi connectivity index (χ1n) is 11.8. The summed E-state index contributed by atoms with van der Waals surface area (Å²) in [5.74, 6) is -1.31. The fraction of sp³-hybridized carbons (Fsp3) is 0.250. The first-order chi connectivity index (χ1) is 17.4. The molecular formula is C28H29N5O4. The maximum absolute atomic E-state index is 13.3. The third kappa shape index (κ3) is 5.83. The topological polar surface area (TPSA) is 137 Å². The van der Waals surface area contributed by atoms with Gasteiger partial charge < -0.3 is 20.7 Å². The molecule has 190 valence electrons. The summed E-state index contributed by atoms with van der Waals surface area (Å²) in [6, 6.07) is 13.1. The monoisotopic (exact) mass is 499 g/mol. The number of imidazole rings is 1. The molecule has 0 saturated heterocycles. The Morgan fingerprint density at radius 3 is 2.35 bits per heavy atom. The standard InChI is InChI=1S/C28H29N5O4/c1-15-6-9-20(19-10-7-17(12-21(19)27(36)37)25(34)29-14-28(3,4)5)24(30-15)26(35)33-18-8-11-22-23(13-18)32-16(2)31-22/h6-13H,14H2,1-5H3,(H,29,34)(H,31,32)(H,33,35)(H,36,37). The van der Waals surface area contributed by atoms with Crippen LogP contribution in [0.4, 0.5) is 5.69 Å². The highest BCUT2D eigenvalue weighted by molar-refractivity contribution is 6.10. The van der Waals surface area contributed by atoms with Crippen LogP contribution in [0.3, 0.4) is 0 Å². The van der Waals surface area contributed by atoms with Crippen molar-refractivity contribution in [2.45, 2.75) is 34.6 Å². The number of H-pyrrole nitrogens is 1. The molecule has 0 atom stereocenters. The number of hydrogen-bond donors (Lipinski definition) is 4. The largest absolute Gasteiger partial charge is 0.478 e. The molecule has 2 heterocycles. The van der Waals surface area contributed by atoms with Crippen molar-refractivity contribution < 1.29 is 19.5 Å². The highest BCUT2D eigenvalue weighted by atomic mass is 16.4. The number of carboxylic acid groups (broad SMARTS) is 1. The lowest BCUT2D eigenvalue weighted by molar-refractivity contribution is 0.0697. The molecule has 0 spiro atoms. The van der Waals surface area contributed by atoms with Crippen LogP contribution in [0.15, 0.2) is 48.5 Å². The number of pyridine rings is 1. The van der Waals surface area contributed by atoms with Crippen LogP contribution in [0.1, 0.15) is 63.5 Å². The molecule has 0 aliphatic carbocycles. The molecule has 0 fully saturated rings. The number of fused-ring (bicyclic) bond motifs is 1. The van der Waals surface area contributed by atoms with Crippen molar-refractivity contribution in [2.75, 3.05) is 11.9 Å². The van der Waals surface area contributed by atoms with Crippen LogP contribution in [0, 0.1) is 19.3 Å². The molecule has 9 nitrogen and oxygen atoms in total. The number of aryl methyl sites for hydroxylation is 2. The second-order valence-electron chi connectivity index (χ2n) is 10.2. The van der Waals surface area contributed by atoms with Crippen LogP contribution < -0.4 is 10.6 Å². The summed E-state index contributed by atoms with van der Waals surface area (Å²) in [5.41, 5.74) is 3.41. The zero-order valence-corrected chi connectivity index (χ0v) is 21.4. The number of benzene rings is 2. The van der Waals surface area contributed by atoms with Gasteiger partial charge in [-0.15, -0.1) is 0 Å². The maximum Gasteiger partial charge on any atom is 0.336 e. The molecule has 0 radical (unpaired) electrons. The van der Waals surface area contributed by atoms with Gasteiger partial charge in [-0.2, -0.15) is 0 Å². The number of rotatable bonds is 6. The minimum Gasteiger partial charge on any atom is -0.478 e. The van der Waals surface area contributed by atoms with Crippen molar-refractivity contribution in [2.24, 2.45) is 5.41 Å². The average molecular weight is 500 g/mol. The fourth-order valence-electron chi connectivity index (χ4n) is 3.90. The summed E-state index contributed by atoms with van der Waals surface area (Å²) < 4.78 is 0. The summed E-state index contributed by atoms with van der Waals surface area (Å²) in [5, 5.41) is 15.6. The minimum absolute atomic E-state index is 0.0772. The average Bonchev–Trinajstić information content (AvgIpc) is 3.21. The van der Waals surface area contributed by atoms with E-state index in [1.54, 1.807) is 43.3 Å². The van der Waals surface area contributed by atoms with Crippen molar-refractivity contribution in [3.63, 3.8) is 0 Å². The smallest absolute Gasteiger partial charge is 0.336 e. The Balaban J connectivity index is 1.69. The van der Waals surface area contributed by atoms with Gasteiger partial charge in [0.15, 0.2) is 0 Å². The number of amides is 2. The Hall–Kier alpha value is -4.53. The molecule has 9 heteroatoms. The number of aromatic amines is 1. The van der Waals surface area contributed by atoms with E-state index >= 15 is 0 Å². The van der Waals surface area contributed by atoms with Crippen molar-refractivity contribution in [3.8, 4) is 11.1 Å². The van der Waals surface area contributed by atoms with Crippen LogP contribution >= 0.6 is 0 Å². The molecule has 2 amide bonds. The lowest BCUT2D eigenvalue weighted by Crippen LogP contribution is -2.32. The van der Waals surface area contributed by atoms with Gasteiger partial charge in [0.2, 0.25) is 0 Å². The van der Waals surface area contributed by atoms with Gasteiger partial charge in [0.25, 0.3) is 11.8 Å². The summed E-state index contributed by atoms with van der Waals surface area (Å²) >= 11 is 0. The maximum atomic E-state index is 13.3. The number of nitrogens with one attached hydrogen (secondary N) is 3. The van der Waals surface area contributed by atoms with Gasteiger partial charge in [0.1, 0.15) is 11.5 Å². The lowest BCUT2D eigenvalue weighted by Gasteiger charge is -2.19. The van der Waals surface area contributed by atoms with Gasteiger partial charge in [-0.05, 0) is 61.2 Å². The molecule has 0 aliphatic rings. The van der Waals surface area contributed by atoms with Crippen LogP contribution in [0.25, 0.3) is 22.2 Å². The fourth-order valence-corrected chi connectivity index (χ4v) is 3.90. The number of carboxylic acids is 1. The second kappa shape index (κ2) is 9.85. The van der Waals surface area contributed by atoms with Crippen LogP contribution in [0.5, 0.6) is 0 Å². The molecule has 4 rings (SSSR count). The van der Waals surface area contributed by atoms with E-state index in [0.717, 1.165) is 16.9 Å². The highest BCUT2D eigenvalue weighted by Gasteiger charge is 2.22. The molecule has 4 aromatic rings. The Bertz CT molecular complexity index is 1530. The van der Waals surface area contributed by atoms with E-state index in [1.807, 2.05) is 27.7 Å². The number of aromatic carboxylic acids is 1. The van der Waals surface area contributed by atoms with E-state index in [9.17, 15) is 19.5 Å². The van der Waals surface area contributed by atoms with Gasteiger partial charge in [0.05, 0.1) is 16.6 Å². The van der Waals surface area contributed by atoms with E-state index in [4.69, 9.17) is 0 Å². The number of hydrogen-bond acceptors (Lipinski definition) is 5. The quantitative estimate of drug-likeness (QED) is 0.296. The zero-order chi connectivity index (χ0) is 26.9. The second-order valence-corrected chi connectivity index (χ2v) is 10.2. The zero-order valence-electron chi connectivity index (χ0n) is 21.4. The molecule has 4 N–H and O–H groups in total. The highest BCUT2D eigenvalue weighted by Crippen LogP contribution is 2.29. The van der Waals surface area contributed by atoms with E-state index in [1.165, 1.54) is 12.1 Å². The summed E-state index contributed by atoms with van der Waals surface area (Å²) in [6.45, 7) is 10.0. The van der Waals surface area contributed by atoms with Crippen LogP contribution in [0.2, 0.25) is 0 Å². The van der Waals surface area contributed by atoms with E-state index in [2.05, 4.69) is 25.6 Å². The number of carbonyl (C=O) groups is 3. The molecular weight excluding hydrogens is 470 g/mol. The number of aromatic nitrogens is 3. The van der Waals surface area contributed by atoms with Crippen molar-refractivity contribution >= 4 is 34.5 Å². The Morgan fingerprint density at radius 2 is 1.65 bits per heavy atom. The van der Waals surface area contributed by atoms with Crippen LogP contribution in [-0.4, -0.2) is 44.4 Å². The lowest BCUT2D eigenvalue weighted by atomic mass is 9.94. The van der Waals surface area contributed by atoms with Crippen molar-refractivity contribution in [3.05, 3.63) is 76.9 Å². The number of anilines is 1. The van der Waals surface area contributed by atoms with Gasteiger partial charge in [-0.25, -0.2) is 14.8 Å². The molecule has 0 aliphatic heterocycles. The SMILES string of the molecule is Cc1ccc(-c2ccc(C(=O)NCC(C)(C)C)cc2C(=O)O)c(C(=O)Nc2ccc3nc(C)[nH]c3c2)n1. The van der Waals surface area contributed by atoms with Crippen LogP contribution in [-0.2, 0) is 0 Å². The minimum atomic E-state index is -1.22. The number of nitrogens with zero attached hydrogens (tertiary/aromatic N) is 2. The third-order valence-electron chi connectivity index (χ3n) is 5.69.